The third kappa shape index (κ3) is 2.43. The number of ketones is 1. The van der Waals surface area contributed by atoms with E-state index in [2.05, 4.69) is 24.0 Å². The van der Waals surface area contributed by atoms with Crippen molar-refractivity contribution >= 4 is 11.5 Å². The maximum absolute atomic E-state index is 11.2. The van der Waals surface area contributed by atoms with E-state index in [1.54, 1.807) is 6.92 Å². The van der Waals surface area contributed by atoms with Gasteiger partial charge in [0.05, 0.1) is 0 Å². The van der Waals surface area contributed by atoms with Gasteiger partial charge in [0, 0.05) is 24.3 Å². The molecule has 2 nitrogen and oxygen atoms in total. The topological polar surface area (TPSA) is 20.3 Å². The summed E-state index contributed by atoms with van der Waals surface area (Å²) in [7, 11) is 0. The number of carbonyl (C=O) groups is 1. The highest BCUT2D eigenvalue weighted by molar-refractivity contribution is 5.94. The molecule has 0 saturated carbocycles. The molecular formula is C14H19NO. The van der Waals surface area contributed by atoms with Crippen LogP contribution in [0.2, 0.25) is 0 Å². The van der Waals surface area contributed by atoms with Gasteiger partial charge in [0.1, 0.15) is 0 Å². The first-order valence-corrected chi connectivity index (χ1v) is 6.03. The van der Waals surface area contributed by atoms with Gasteiger partial charge in [-0.25, -0.2) is 0 Å². The summed E-state index contributed by atoms with van der Waals surface area (Å²) in [5, 5.41) is 0. The Morgan fingerprint density at radius 1 is 1.31 bits per heavy atom. The molecule has 0 radical (unpaired) electrons. The zero-order chi connectivity index (χ0) is 11.5. The van der Waals surface area contributed by atoms with E-state index in [9.17, 15) is 4.79 Å². The van der Waals surface area contributed by atoms with Crippen molar-refractivity contribution in [3.8, 4) is 0 Å². The highest BCUT2D eigenvalue weighted by Gasteiger charge is 2.16. The fourth-order valence-electron chi connectivity index (χ4n) is 2.33. The number of benzene rings is 1. The largest absolute Gasteiger partial charge is 0.371 e. The van der Waals surface area contributed by atoms with Crippen molar-refractivity contribution in [2.24, 2.45) is 5.92 Å². The van der Waals surface area contributed by atoms with Crippen LogP contribution in [0, 0.1) is 5.92 Å². The quantitative estimate of drug-likeness (QED) is 0.709. The standard InChI is InChI=1S/C14H19NO/c1-11-4-3-9-15(10-11)14-7-5-13(6-8-14)12(2)16/h5-8,11H,3-4,9-10H2,1-2H3/t11-/m0/s1. The predicted octanol–water partition coefficient (Wildman–Crippen LogP) is 3.13. The van der Waals surface area contributed by atoms with Crippen molar-refractivity contribution in [2.75, 3.05) is 18.0 Å². The smallest absolute Gasteiger partial charge is 0.159 e. The summed E-state index contributed by atoms with van der Waals surface area (Å²) < 4.78 is 0. The maximum Gasteiger partial charge on any atom is 0.159 e. The molecule has 0 bridgehead atoms. The molecule has 0 aliphatic carbocycles. The lowest BCUT2D eigenvalue weighted by molar-refractivity contribution is 0.101. The number of anilines is 1. The molecule has 1 saturated heterocycles. The normalized spacial score (nSPS) is 20.9. The number of Topliss-reactive ketones (excluding diaryl/α,β-unsaturated/α-hetero) is 1. The molecule has 2 heteroatoms. The monoisotopic (exact) mass is 217 g/mol. The van der Waals surface area contributed by atoms with Crippen LogP contribution in [0.15, 0.2) is 24.3 Å². The first-order valence-electron chi connectivity index (χ1n) is 6.03. The Bertz CT molecular complexity index is 369. The van der Waals surface area contributed by atoms with Gasteiger partial charge in [-0.15, -0.1) is 0 Å². The van der Waals surface area contributed by atoms with Crippen molar-refractivity contribution in [1.82, 2.24) is 0 Å². The molecule has 1 aromatic rings. The summed E-state index contributed by atoms with van der Waals surface area (Å²) in [5.74, 6) is 0.916. The molecule has 0 spiro atoms. The number of hydrogen-bond acceptors (Lipinski definition) is 2. The van der Waals surface area contributed by atoms with Gasteiger partial charge in [-0.2, -0.15) is 0 Å². The van der Waals surface area contributed by atoms with Crippen LogP contribution in [0.4, 0.5) is 5.69 Å². The molecule has 0 N–H and O–H groups in total. The van der Waals surface area contributed by atoms with Gasteiger partial charge in [-0.3, -0.25) is 4.79 Å². The van der Waals surface area contributed by atoms with Gasteiger partial charge < -0.3 is 4.90 Å². The highest BCUT2D eigenvalue weighted by atomic mass is 16.1. The van der Waals surface area contributed by atoms with Crippen molar-refractivity contribution in [3.63, 3.8) is 0 Å². The first kappa shape index (κ1) is 11.2. The zero-order valence-electron chi connectivity index (χ0n) is 10.1. The number of carbonyl (C=O) groups excluding carboxylic acids is 1. The van der Waals surface area contributed by atoms with Crippen molar-refractivity contribution in [3.05, 3.63) is 29.8 Å². The van der Waals surface area contributed by atoms with E-state index in [0.29, 0.717) is 0 Å². The fourth-order valence-corrected chi connectivity index (χ4v) is 2.33. The average Bonchev–Trinajstić information content (AvgIpc) is 2.29. The van der Waals surface area contributed by atoms with Crippen LogP contribution in [-0.4, -0.2) is 18.9 Å². The second-order valence-electron chi connectivity index (χ2n) is 4.80. The van der Waals surface area contributed by atoms with E-state index in [4.69, 9.17) is 0 Å². The molecule has 1 aromatic carbocycles. The molecule has 1 heterocycles. The van der Waals surface area contributed by atoms with Gasteiger partial charge in [0.2, 0.25) is 0 Å². The van der Waals surface area contributed by atoms with Gasteiger partial charge >= 0.3 is 0 Å². The van der Waals surface area contributed by atoms with Crippen LogP contribution in [-0.2, 0) is 0 Å². The summed E-state index contributed by atoms with van der Waals surface area (Å²) in [6, 6.07) is 7.98. The zero-order valence-corrected chi connectivity index (χ0v) is 10.1. The van der Waals surface area contributed by atoms with E-state index < -0.39 is 0 Å². The number of nitrogens with zero attached hydrogens (tertiary/aromatic N) is 1. The first-order chi connectivity index (χ1) is 7.66. The van der Waals surface area contributed by atoms with Crippen LogP contribution in [0.5, 0.6) is 0 Å². The molecule has 0 aromatic heterocycles. The Hall–Kier alpha value is -1.31. The van der Waals surface area contributed by atoms with Gasteiger partial charge in [-0.1, -0.05) is 6.92 Å². The summed E-state index contributed by atoms with van der Waals surface area (Å²) in [4.78, 5) is 13.6. The molecule has 1 aliphatic rings. The maximum atomic E-state index is 11.2. The highest BCUT2D eigenvalue weighted by Crippen LogP contribution is 2.23. The van der Waals surface area contributed by atoms with Crippen molar-refractivity contribution in [2.45, 2.75) is 26.7 Å². The number of piperidine rings is 1. The van der Waals surface area contributed by atoms with Crippen LogP contribution >= 0.6 is 0 Å². The third-order valence-corrected chi connectivity index (χ3v) is 3.30. The Labute approximate surface area is 97.3 Å². The van der Waals surface area contributed by atoms with Crippen LogP contribution in [0.25, 0.3) is 0 Å². The number of hydrogen-bond donors (Lipinski definition) is 0. The van der Waals surface area contributed by atoms with E-state index in [1.807, 2.05) is 12.1 Å². The Balaban J connectivity index is 2.11. The minimum Gasteiger partial charge on any atom is -0.371 e. The molecule has 0 amide bonds. The van der Waals surface area contributed by atoms with E-state index >= 15 is 0 Å². The summed E-state index contributed by atoms with van der Waals surface area (Å²) in [5.41, 5.74) is 2.05. The predicted molar refractivity (Wildman–Crippen MR) is 67.1 cm³/mol. The minimum atomic E-state index is 0.138. The summed E-state index contributed by atoms with van der Waals surface area (Å²) in [6.07, 6.45) is 2.61. The molecule has 86 valence electrons. The van der Waals surface area contributed by atoms with Crippen molar-refractivity contribution in [1.29, 1.82) is 0 Å². The lowest BCUT2D eigenvalue weighted by Gasteiger charge is -2.32. The second-order valence-corrected chi connectivity index (χ2v) is 4.80. The Morgan fingerprint density at radius 3 is 2.56 bits per heavy atom. The molecular weight excluding hydrogens is 198 g/mol. The third-order valence-electron chi connectivity index (χ3n) is 3.30. The molecule has 0 unspecified atom stereocenters. The van der Waals surface area contributed by atoms with Gasteiger partial charge in [0.25, 0.3) is 0 Å². The second kappa shape index (κ2) is 4.69. The van der Waals surface area contributed by atoms with Crippen LogP contribution < -0.4 is 4.90 Å². The molecule has 1 aliphatic heterocycles. The lowest BCUT2D eigenvalue weighted by Crippen LogP contribution is -2.34. The lowest BCUT2D eigenvalue weighted by atomic mass is 9.99. The molecule has 1 atom stereocenters. The SMILES string of the molecule is CC(=O)c1ccc(N2CCC[C@H](C)C2)cc1. The van der Waals surface area contributed by atoms with Crippen LogP contribution in [0.1, 0.15) is 37.0 Å². The molecule has 1 fully saturated rings. The van der Waals surface area contributed by atoms with Gasteiger partial charge in [0.15, 0.2) is 5.78 Å². The molecule has 16 heavy (non-hydrogen) atoms. The van der Waals surface area contributed by atoms with E-state index in [1.165, 1.54) is 18.5 Å². The summed E-state index contributed by atoms with van der Waals surface area (Å²) in [6.45, 7) is 6.19. The Kier molecular flexibility index (Phi) is 3.28. The van der Waals surface area contributed by atoms with Gasteiger partial charge in [-0.05, 0) is 49.9 Å². The minimum absolute atomic E-state index is 0.138. The van der Waals surface area contributed by atoms with E-state index in [-0.39, 0.29) is 5.78 Å². The average molecular weight is 217 g/mol. The molecule has 2 rings (SSSR count). The van der Waals surface area contributed by atoms with Crippen LogP contribution in [0.3, 0.4) is 0 Å². The fraction of sp³-hybridized carbons (Fsp3) is 0.500. The van der Waals surface area contributed by atoms with Crippen molar-refractivity contribution < 1.29 is 4.79 Å². The Morgan fingerprint density at radius 2 is 2.00 bits per heavy atom. The number of rotatable bonds is 2. The summed E-state index contributed by atoms with van der Waals surface area (Å²) >= 11 is 0. The van der Waals surface area contributed by atoms with E-state index in [0.717, 1.165) is 24.6 Å².